The number of fused-ring (bicyclic) bond motifs is 1. The van der Waals surface area contributed by atoms with Crippen LogP contribution in [0.15, 0.2) is 39.5 Å². The van der Waals surface area contributed by atoms with Gasteiger partial charge in [0.15, 0.2) is 0 Å². The Balaban J connectivity index is 1.97. The van der Waals surface area contributed by atoms with E-state index >= 15 is 0 Å². The van der Waals surface area contributed by atoms with E-state index in [1.807, 2.05) is 35.0 Å². The fourth-order valence-electron chi connectivity index (χ4n) is 2.42. The van der Waals surface area contributed by atoms with Gasteiger partial charge in [0.2, 0.25) is 0 Å². The second kappa shape index (κ2) is 5.03. The molecule has 2 heterocycles. The molecule has 1 N–H and O–H groups in total. The Hall–Kier alpha value is -0.840. The molecule has 0 radical (unpaired) electrons. The minimum absolute atomic E-state index is 0.112. The van der Waals surface area contributed by atoms with Crippen molar-refractivity contribution in [2.24, 2.45) is 0 Å². The second-order valence-electron chi connectivity index (χ2n) is 4.40. The zero-order valence-electron chi connectivity index (χ0n) is 9.67. The van der Waals surface area contributed by atoms with Crippen molar-refractivity contribution in [2.75, 3.05) is 6.61 Å². The van der Waals surface area contributed by atoms with E-state index in [0.717, 1.165) is 27.8 Å². The number of ether oxygens (including phenoxy) is 1. The predicted octanol–water partition coefficient (Wildman–Crippen LogP) is 4.11. The highest BCUT2D eigenvalue weighted by atomic mass is 79.9. The van der Waals surface area contributed by atoms with Crippen molar-refractivity contribution in [1.82, 2.24) is 0 Å². The molecule has 0 bridgehead atoms. The molecule has 0 fully saturated rings. The zero-order valence-corrected chi connectivity index (χ0v) is 12.1. The summed E-state index contributed by atoms with van der Waals surface area (Å²) in [5.41, 5.74) is 2.08. The van der Waals surface area contributed by atoms with Crippen LogP contribution in [0.3, 0.4) is 0 Å². The van der Waals surface area contributed by atoms with E-state index in [-0.39, 0.29) is 5.92 Å². The van der Waals surface area contributed by atoms with Crippen LogP contribution >= 0.6 is 27.3 Å². The molecule has 0 spiro atoms. The second-order valence-corrected chi connectivity index (χ2v) is 6.00. The van der Waals surface area contributed by atoms with Crippen LogP contribution in [0, 0.1) is 0 Å². The molecular weight excluding hydrogens is 312 g/mol. The number of rotatable bonds is 2. The van der Waals surface area contributed by atoms with Crippen LogP contribution in [0.4, 0.5) is 0 Å². The Morgan fingerprint density at radius 1 is 1.33 bits per heavy atom. The molecule has 1 aliphatic heterocycles. The number of halogens is 1. The summed E-state index contributed by atoms with van der Waals surface area (Å²) in [6.45, 7) is 0.667. The number of hydrogen-bond acceptors (Lipinski definition) is 3. The number of hydrogen-bond donors (Lipinski definition) is 1. The average molecular weight is 325 g/mol. The fourth-order valence-corrected chi connectivity index (χ4v) is 3.98. The average Bonchev–Trinajstić information content (AvgIpc) is 2.83. The molecule has 18 heavy (non-hydrogen) atoms. The first-order chi connectivity index (χ1) is 8.77. The summed E-state index contributed by atoms with van der Waals surface area (Å²) < 4.78 is 6.62. The van der Waals surface area contributed by atoms with Gasteiger partial charge in [0.05, 0.1) is 12.7 Å². The van der Waals surface area contributed by atoms with Crippen LogP contribution < -0.4 is 4.74 Å². The van der Waals surface area contributed by atoms with E-state index in [0.29, 0.717) is 6.61 Å². The molecular formula is C14H13BrO2S. The van der Waals surface area contributed by atoms with E-state index in [1.165, 1.54) is 0 Å². The summed E-state index contributed by atoms with van der Waals surface area (Å²) in [6, 6.07) is 7.98. The molecule has 2 unspecified atom stereocenters. The summed E-state index contributed by atoms with van der Waals surface area (Å²) in [4.78, 5) is 0. The molecule has 1 aromatic carbocycles. The number of aliphatic hydroxyl groups is 1. The first kappa shape index (κ1) is 12.2. The maximum absolute atomic E-state index is 10.6. The molecule has 94 valence electrons. The minimum atomic E-state index is -0.476. The lowest BCUT2D eigenvalue weighted by atomic mass is 9.86. The molecule has 1 aliphatic rings. The highest BCUT2D eigenvalue weighted by Gasteiger charge is 2.29. The van der Waals surface area contributed by atoms with Gasteiger partial charge < -0.3 is 9.84 Å². The lowest BCUT2D eigenvalue weighted by Gasteiger charge is -2.29. The van der Waals surface area contributed by atoms with Gasteiger partial charge >= 0.3 is 0 Å². The molecule has 0 aliphatic carbocycles. The summed E-state index contributed by atoms with van der Waals surface area (Å²) in [5.74, 6) is 1.01. The van der Waals surface area contributed by atoms with Crippen molar-refractivity contribution in [3.05, 3.63) is 50.6 Å². The Morgan fingerprint density at radius 3 is 2.94 bits per heavy atom. The third kappa shape index (κ3) is 2.09. The third-order valence-electron chi connectivity index (χ3n) is 3.35. The minimum Gasteiger partial charge on any atom is -0.493 e. The molecule has 2 atom stereocenters. The van der Waals surface area contributed by atoms with Crippen molar-refractivity contribution in [3.63, 3.8) is 0 Å². The molecule has 2 aromatic rings. The third-order valence-corrected chi connectivity index (χ3v) is 5.10. The first-order valence-corrected chi connectivity index (χ1v) is 7.62. The van der Waals surface area contributed by atoms with Crippen LogP contribution in [0.5, 0.6) is 5.75 Å². The number of benzene rings is 1. The Bertz CT molecular complexity index is 552. The van der Waals surface area contributed by atoms with E-state index in [2.05, 4.69) is 15.9 Å². The lowest BCUT2D eigenvalue weighted by molar-refractivity contribution is 0.117. The molecule has 3 rings (SSSR count). The molecule has 0 amide bonds. The Labute approximate surface area is 118 Å². The van der Waals surface area contributed by atoms with Crippen LogP contribution in [0.2, 0.25) is 0 Å². The first-order valence-electron chi connectivity index (χ1n) is 5.89. The highest BCUT2D eigenvalue weighted by Crippen LogP contribution is 2.43. The largest absolute Gasteiger partial charge is 0.493 e. The van der Waals surface area contributed by atoms with Crippen molar-refractivity contribution in [1.29, 1.82) is 0 Å². The maximum Gasteiger partial charge on any atom is 0.122 e. The van der Waals surface area contributed by atoms with Crippen LogP contribution in [0.1, 0.15) is 29.6 Å². The van der Waals surface area contributed by atoms with E-state index in [4.69, 9.17) is 4.74 Å². The number of aliphatic hydroxyl groups excluding tert-OH is 1. The van der Waals surface area contributed by atoms with Crippen molar-refractivity contribution >= 4 is 27.3 Å². The summed E-state index contributed by atoms with van der Waals surface area (Å²) in [6.07, 6.45) is 0.371. The van der Waals surface area contributed by atoms with Gasteiger partial charge in [-0.3, -0.25) is 0 Å². The number of thiophene rings is 1. The monoisotopic (exact) mass is 324 g/mol. The van der Waals surface area contributed by atoms with Gasteiger partial charge in [0.1, 0.15) is 5.75 Å². The zero-order chi connectivity index (χ0) is 12.5. The van der Waals surface area contributed by atoms with Crippen molar-refractivity contribution in [2.45, 2.75) is 18.4 Å². The fraction of sp³-hybridized carbons (Fsp3) is 0.286. The van der Waals surface area contributed by atoms with Crippen LogP contribution in [-0.4, -0.2) is 11.7 Å². The summed E-state index contributed by atoms with van der Waals surface area (Å²) in [7, 11) is 0. The lowest BCUT2D eigenvalue weighted by Crippen LogP contribution is -2.19. The molecule has 1 aromatic heterocycles. The van der Waals surface area contributed by atoms with Crippen LogP contribution in [-0.2, 0) is 0 Å². The van der Waals surface area contributed by atoms with E-state index < -0.39 is 6.10 Å². The summed E-state index contributed by atoms with van der Waals surface area (Å²) >= 11 is 5.09. The Kier molecular flexibility index (Phi) is 3.41. The summed E-state index contributed by atoms with van der Waals surface area (Å²) in [5, 5.41) is 14.6. The quantitative estimate of drug-likeness (QED) is 0.900. The van der Waals surface area contributed by atoms with E-state index in [9.17, 15) is 5.11 Å². The van der Waals surface area contributed by atoms with Crippen LogP contribution in [0.25, 0.3) is 0 Å². The molecule has 0 saturated carbocycles. The maximum atomic E-state index is 10.6. The van der Waals surface area contributed by atoms with Gasteiger partial charge in [-0.2, -0.15) is 11.3 Å². The van der Waals surface area contributed by atoms with Crippen molar-refractivity contribution in [3.8, 4) is 5.75 Å². The van der Waals surface area contributed by atoms with Gasteiger partial charge in [-0.05, 0) is 33.8 Å². The van der Waals surface area contributed by atoms with Crippen molar-refractivity contribution < 1.29 is 9.84 Å². The molecule has 2 nitrogen and oxygen atoms in total. The van der Waals surface area contributed by atoms with E-state index in [1.54, 1.807) is 11.3 Å². The number of para-hydroxylation sites is 1. The normalized spacial score (nSPS) is 20.0. The van der Waals surface area contributed by atoms with Gasteiger partial charge in [-0.15, -0.1) is 0 Å². The SMILES string of the molecule is OC(c1cscc1Br)C1CCOc2ccccc21. The van der Waals surface area contributed by atoms with Gasteiger partial charge in [0, 0.05) is 26.9 Å². The highest BCUT2D eigenvalue weighted by molar-refractivity contribution is 9.10. The van der Waals surface area contributed by atoms with Gasteiger partial charge in [0.25, 0.3) is 0 Å². The van der Waals surface area contributed by atoms with Gasteiger partial charge in [-0.1, -0.05) is 18.2 Å². The molecule has 0 saturated heterocycles. The standard InChI is InChI=1S/C14H13BrO2S/c15-12-8-18-7-11(12)14(16)10-5-6-17-13-4-2-1-3-9(10)13/h1-4,7-8,10,14,16H,5-6H2. The smallest absolute Gasteiger partial charge is 0.122 e. The predicted molar refractivity (Wildman–Crippen MR) is 76.3 cm³/mol. The molecule has 4 heteroatoms. The topological polar surface area (TPSA) is 29.5 Å². The van der Waals surface area contributed by atoms with Gasteiger partial charge in [-0.25, -0.2) is 0 Å². The Morgan fingerprint density at radius 2 is 2.17 bits per heavy atom.